The number of hydrogen-bond acceptors (Lipinski definition) is 4. The van der Waals surface area contributed by atoms with Gasteiger partial charge in [-0.25, -0.2) is 8.78 Å². The fourth-order valence-electron chi connectivity index (χ4n) is 3.22. The van der Waals surface area contributed by atoms with Crippen molar-refractivity contribution in [2.75, 3.05) is 24.5 Å². The predicted octanol–water partition coefficient (Wildman–Crippen LogP) is 1.28. The fraction of sp³-hybridized carbons (Fsp3) is 0.500. The Kier molecular flexibility index (Phi) is 4.30. The van der Waals surface area contributed by atoms with Gasteiger partial charge in [-0.15, -0.1) is 0 Å². The summed E-state index contributed by atoms with van der Waals surface area (Å²) in [5, 5.41) is 5.41. The Morgan fingerprint density at radius 1 is 1.22 bits per heavy atom. The van der Waals surface area contributed by atoms with Crippen LogP contribution in [0.5, 0.6) is 0 Å². The van der Waals surface area contributed by atoms with Crippen LogP contribution in [0, 0.1) is 11.6 Å². The van der Waals surface area contributed by atoms with Crippen LogP contribution in [-0.2, 0) is 9.59 Å². The number of amides is 2. The Morgan fingerprint density at radius 2 is 1.91 bits per heavy atom. The molecule has 2 aliphatic heterocycles. The molecule has 1 aromatic rings. The molecule has 2 amide bonds. The number of rotatable bonds is 2. The van der Waals surface area contributed by atoms with E-state index in [1.807, 2.05) is 11.8 Å². The van der Waals surface area contributed by atoms with Crippen molar-refractivity contribution >= 4 is 17.5 Å². The second kappa shape index (κ2) is 6.23. The molecule has 5 nitrogen and oxygen atoms in total. The molecule has 1 aromatic carbocycles. The van der Waals surface area contributed by atoms with Gasteiger partial charge >= 0.3 is 0 Å². The topological polar surface area (TPSA) is 61.4 Å². The maximum absolute atomic E-state index is 14.5. The summed E-state index contributed by atoms with van der Waals surface area (Å²) in [7, 11) is 0. The predicted molar refractivity (Wildman–Crippen MR) is 81.2 cm³/mol. The van der Waals surface area contributed by atoms with Gasteiger partial charge in [-0.2, -0.15) is 0 Å². The zero-order valence-electron chi connectivity index (χ0n) is 12.9. The lowest BCUT2D eigenvalue weighted by atomic mass is 9.89. The minimum Gasteiger partial charge on any atom is -0.369 e. The van der Waals surface area contributed by atoms with Gasteiger partial charge in [0.05, 0.1) is 5.92 Å². The monoisotopic (exact) mass is 323 g/mol. The molecule has 0 aromatic heterocycles. The number of carbonyl (C=O) groups is 2. The van der Waals surface area contributed by atoms with Gasteiger partial charge in [-0.1, -0.05) is 0 Å². The molecule has 0 aliphatic carbocycles. The normalized spacial score (nSPS) is 25.4. The summed E-state index contributed by atoms with van der Waals surface area (Å²) in [6, 6.07) is 2.80. The standard InChI is InChI=1S/C16H19F2N3O2/c1-9-8-21(5-4-19-9)10-6-12(17)15(13(18)7-10)11-2-3-14(22)20-16(11)23/h6-7,9,11,19H,2-5,8H2,1H3,(H,20,22,23)/t9-,11?/m1/s1. The number of carbonyl (C=O) groups excluding carboxylic acids is 2. The molecule has 0 radical (unpaired) electrons. The molecule has 0 spiro atoms. The van der Waals surface area contributed by atoms with Crippen molar-refractivity contribution in [3.63, 3.8) is 0 Å². The van der Waals surface area contributed by atoms with Crippen molar-refractivity contribution in [2.24, 2.45) is 0 Å². The molecule has 1 unspecified atom stereocenters. The molecule has 124 valence electrons. The van der Waals surface area contributed by atoms with E-state index >= 15 is 0 Å². The molecule has 23 heavy (non-hydrogen) atoms. The number of hydrogen-bond donors (Lipinski definition) is 2. The molecule has 2 fully saturated rings. The first-order valence-electron chi connectivity index (χ1n) is 7.76. The van der Waals surface area contributed by atoms with Gasteiger partial charge in [0.15, 0.2) is 0 Å². The summed E-state index contributed by atoms with van der Waals surface area (Å²) in [4.78, 5) is 25.0. The van der Waals surface area contributed by atoms with Crippen LogP contribution < -0.4 is 15.5 Å². The Morgan fingerprint density at radius 3 is 2.52 bits per heavy atom. The van der Waals surface area contributed by atoms with E-state index in [0.717, 1.165) is 6.54 Å². The fourth-order valence-corrected chi connectivity index (χ4v) is 3.22. The SMILES string of the molecule is C[C@@H]1CN(c2cc(F)c(C3CCC(=O)NC3=O)c(F)c2)CCN1. The zero-order valence-corrected chi connectivity index (χ0v) is 12.9. The van der Waals surface area contributed by atoms with Gasteiger partial charge in [0, 0.05) is 43.3 Å². The van der Waals surface area contributed by atoms with Crippen LogP contribution in [0.3, 0.4) is 0 Å². The molecule has 0 bridgehead atoms. The second-order valence-corrected chi connectivity index (χ2v) is 6.13. The van der Waals surface area contributed by atoms with Crippen molar-refractivity contribution in [3.8, 4) is 0 Å². The first-order valence-corrected chi connectivity index (χ1v) is 7.76. The number of benzene rings is 1. The minimum absolute atomic E-state index is 0.0896. The molecule has 3 rings (SSSR count). The highest BCUT2D eigenvalue weighted by Crippen LogP contribution is 2.32. The molecule has 2 aliphatic rings. The summed E-state index contributed by atoms with van der Waals surface area (Å²) in [5.41, 5.74) is 0.228. The molecule has 0 saturated carbocycles. The van der Waals surface area contributed by atoms with Crippen molar-refractivity contribution in [1.29, 1.82) is 0 Å². The maximum atomic E-state index is 14.5. The quantitative estimate of drug-likeness (QED) is 0.805. The van der Waals surface area contributed by atoms with E-state index in [1.165, 1.54) is 12.1 Å². The largest absolute Gasteiger partial charge is 0.369 e. The molecule has 2 heterocycles. The molecular weight excluding hydrogens is 304 g/mol. The summed E-state index contributed by atoms with van der Waals surface area (Å²) in [6.45, 7) is 4.09. The summed E-state index contributed by atoms with van der Waals surface area (Å²) >= 11 is 0. The Bertz CT molecular complexity index is 627. The average molecular weight is 323 g/mol. The number of halogens is 2. The molecule has 2 atom stereocenters. The highest BCUT2D eigenvalue weighted by Gasteiger charge is 2.33. The van der Waals surface area contributed by atoms with Crippen LogP contribution >= 0.6 is 0 Å². The van der Waals surface area contributed by atoms with Crippen LogP contribution in [0.2, 0.25) is 0 Å². The molecule has 2 N–H and O–H groups in total. The number of piperidine rings is 1. The number of nitrogens with zero attached hydrogens (tertiary/aromatic N) is 1. The van der Waals surface area contributed by atoms with E-state index in [-0.39, 0.29) is 24.4 Å². The van der Waals surface area contributed by atoms with Crippen molar-refractivity contribution in [1.82, 2.24) is 10.6 Å². The van der Waals surface area contributed by atoms with Crippen molar-refractivity contribution in [2.45, 2.75) is 31.7 Å². The zero-order chi connectivity index (χ0) is 16.6. The van der Waals surface area contributed by atoms with E-state index in [9.17, 15) is 18.4 Å². The Hall–Kier alpha value is -2.02. The van der Waals surface area contributed by atoms with Crippen LogP contribution in [0.25, 0.3) is 0 Å². The Labute approximate surface area is 133 Å². The van der Waals surface area contributed by atoms with Crippen LogP contribution in [0.4, 0.5) is 14.5 Å². The van der Waals surface area contributed by atoms with E-state index in [0.29, 0.717) is 18.8 Å². The van der Waals surface area contributed by atoms with Crippen molar-refractivity contribution in [3.05, 3.63) is 29.3 Å². The van der Waals surface area contributed by atoms with Gasteiger partial charge in [-0.3, -0.25) is 14.9 Å². The van der Waals surface area contributed by atoms with Gasteiger partial charge < -0.3 is 10.2 Å². The highest BCUT2D eigenvalue weighted by molar-refractivity contribution is 6.01. The third-order valence-electron chi connectivity index (χ3n) is 4.39. The van der Waals surface area contributed by atoms with Crippen LogP contribution in [0.1, 0.15) is 31.2 Å². The van der Waals surface area contributed by atoms with E-state index in [4.69, 9.17) is 0 Å². The van der Waals surface area contributed by atoms with Gasteiger partial charge in [-0.05, 0) is 25.5 Å². The van der Waals surface area contributed by atoms with E-state index < -0.39 is 29.4 Å². The maximum Gasteiger partial charge on any atom is 0.234 e. The highest BCUT2D eigenvalue weighted by atomic mass is 19.1. The lowest BCUT2D eigenvalue weighted by Crippen LogP contribution is -2.49. The second-order valence-electron chi connectivity index (χ2n) is 6.13. The first-order chi connectivity index (χ1) is 11.0. The minimum atomic E-state index is -0.955. The third-order valence-corrected chi connectivity index (χ3v) is 4.39. The Balaban J connectivity index is 1.88. The number of nitrogens with one attached hydrogen (secondary N) is 2. The average Bonchev–Trinajstić information content (AvgIpc) is 2.48. The number of imide groups is 1. The lowest BCUT2D eigenvalue weighted by molar-refractivity contribution is -0.134. The first kappa shape index (κ1) is 15.9. The number of piperazine rings is 1. The molecule has 2 saturated heterocycles. The lowest BCUT2D eigenvalue weighted by Gasteiger charge is -2.34. The van der Waals surface area contributed by atoms with Gasteiger partial charge in [0.25, 0.3) is 0 Å². The van der Waals surface area contributed by atoms with Gasteiger partial charge in [0.2, 0.25) is 11.8 Å². The van der Waals surface area contributed by atoms with Crippen LogP contribution in [0.15, 0.2) is 12.1 Å². The summed E-state index contributed by atoms with van der Waals surface area (Å²) in [6.07, 6.45) is 0.217. The molecule has 7 heteroatoms. The number of anilines is 1. The van der Waals surface area contributed by atoms with E-state index in [1.54, 1.807) is 0 Å². The summed E-state index contributed by atoms with van der Waals surface area (Å²) < 4.78 is 28.9. The smallest absolute Gasteiger partial charge is 0.234 e. The summed E-state index contributed by atoms with van der Waals surface area (Å²) in [5.74, 6) is -3.47. The third kappa shape index (κ3) is 3.19. The molecular formula is C16H19F2N3O2. The van der Waals surface area contributed by atoms with Crippen LogP contribution in [-0.4, -0.2) is 37.5 Å². The van der Waals surface area contributed by atoms with E-state index in [2.05, 4.69) is 10.6 Å². The van der Waals surface area contributed by atoms with Gasteiger partial charge in [0.1, 0.15) is 11.6 Å². The van der Waals surface area contributed by atoms with Crippen molar-refractivity contribution < 1.29 is 18.4 Å².